The Morgan fingerprint density at radius 1 is 1.11 bits per heavy atom. The fraction of sp³-hybridized carbons (Fsp3) is 0.100. The zero-order chi connectivity index (χ0) is 19.7. The Labute approximate surface area is 169 Å². The number of methoxy groups -OCH3 is 2. The van der Waals surface area contributed by atoms with E-state index in [1.165, 1.54) is 11.3 Å². The Morgan fingerprint density at radius 2 is 1.89 bits per heavy atom. The Balaban J connectivity index is 1.58. The van der Waals surface area contributed by atoms with E-state index >= 15 is 0 Å². The summed E-state index contributed by atoms with van der Waals surface area (Å²) in [5.41, 5.74) is 1.32. The van der Waals surface area contributed by atoms with Crippen molar-refractivity contribution in [3.8, 4) is 22.8 Å². The summed E-state index contributed by atoms with van der Waals surface area (Å²) in [7, 11) is 3.13. The lowest BCUT2D eigenvalue weighted by Gasteiger charge is -2.07. The van der Waals surface area contributed by atoms with Crippen LogP contribution in [0.2, 0.25) is 5.02 Å². The number of aromatic nitrogens is 1. The molecule has 0 fully saturated rings. The van der Waals surface area contributed by atoms with Gasteiger partial charge in [-0.05, 0) is 24.3 Å². The third kappa shape index (κ3) is 3.30. The van der Waals surface area contributed by atoms with Crippen molar-refractivity contribution in [2.24, 2.45) is 0 Å². The maximum absolute atomic E-state index is 12.6. The Kier molecular flexibility index (Phi) is 4.93. The smallest absolute Gasteiger partial charge is 0.269 e. The van der Waals surface area contributed by atoms with Gasteiger partial charge in [-0.1, -0.05) is 35.0 Å². The standard InChI is InChI=1S/C20H15ClN2O4S/c1-25-14-8-7-11(9-15(14)26-2)13-10-17(27-23-13)22-20(24)19-18(21)12-5-3-4-6-16(12)28-19/h3-10H,1-2H3,(H,22,24). The van der Waals surface area contributed by atoms with Gasteiger partial charge in [0.1, 0.15) is 10.6 Å². The number of carbonyl (C=O) groups is 1. The number of halogens is 1. The van der Waals surface area contributed by atoms with Gasteiger partial charge in [0, 0.05) is 21.7 Å². The highest BCUT2D eigenvalue weighted by Crippen LogP contribution is 2.36. The Hall–Kier alpha value is -3.03. The van der Waals surface area contributed by atoms with Crippen LogP contribution in [0.3, 0.4) is 0 Å². The normalized spacial score (nSPS) is 10.8. The molecule has 0 saturated heterocycles. The molecule has 0 aliphatic rings. The third-order valence-electron chi connectivity index (χ3n) is 4.17. The predicted octanol–water partition coefficient (Wildman–Crippen LogP) is 5.48. The molecule has 4 aromatic rings. The number of anilines is 1. The lowest BCUT2D eigenvalue weighted by molar-refractivity contribution is 0.102. The van der Waals surface area contributed by atoms with Crippen molar-refractivity contribution < 1.29 is 18.8 Å². The summed E-state index contributed by atoms with van der Waals surface area (Å²) in [5, 5.41) is 8.00. The number of amides is 1. The Morgan fingerprint density at radius 3 is 2.64 bits per heavy atom. The minimum absolute atomic E-state index is 0.225. The molecule has 0 aliphatic heterocycles. The minimum Gasteiger partial charge on any atom is -0.493 e. The van der Waals surface area contributed by atoms with Crippen LogP contribution in [0.1, 0.15) is 9.67 Å². The van der Waals surface area contributed by atoms with E-state index in [2.05, 4.69) is 10.5 Å². The van der Waals surface area contributed by atoms with E-state index < -0.39 is 0 Å². The van der Waals surface area contributed by atoms with Gasteiger partial charge in [0.05, 0.1) is 19.2 Å². The van der Waals surface area contributed by atoms with E-state index in [1.807, 2.05) is 30.3 Å². The minimum atomic E-state index is -0.346. The van der Waals surface area contributed by atoms with Gasteiger partial charge in [0.2, 0.25) is 5.88 Å². The van der Waals surface area contributed by atoms with E-state index in [-0.39, 0.29) is 11.8 Å². The van der Waals surface area contributed by atoms with E-state index in [1.54, 1.807) is 32.4 Å². The van der Waals surface area contributed by atoms with Crippen molar-refractivity contribution >= 4 is 44.8 Å². The van der Waals surface area contributed by atoms with Crippen LogP contribution in [0.5, 0.6) is 11.5 Å². The van der Waals surface area contributed by atoms with Gasteiger partial charge < -0.3 is 14.0 Å². The second-order valence-corrected chi connectivity index (χ2v) is 7.27. The molecule has 0 unspecified atom stereocenters. The van der Waals surface area contributed by atoms with Crippen molar-refractivity contribution in [3.63, 3.8) is 0 Å². The van der Waals surface area contributed by atoms with Gasteiger partial charge in [0.15, 0.2) is 11.5 Å². The highest BCUT2D eigenvalue weighted by atomic mass is 35.5. The average Bonchev–Trinajstić information content (AvgIpc) is 3.32. The zero-order valence-electron chi connectivity index (χ0n) is 15.0. The molecule has 2 aromatic heterocycles. The number of benzene rings is 2. The maximum atomic E-state index is 12.6. The molecule has 142 valence electrons. The van der Waals surface area contributed by atoms with E-state index in [0.717, 1.165) is 15.6 Å². The summed E-state index contributed by atoms with van der Waals surface area (Å²) < 4.78 is 16.7. The van der Waals surface area contributed by atoms with E-state index in [4.69, 9.17) is 25.6 Å². The number of nitrogens with one attached hydrogen (secondary N) is 1. The van der Waals surface area contributed by atoms with Gasteiger partial charge >= 0.3 is 0 Å². The van der Waals surface area contributed by atoms with Gasteiger partial charge in [-0.15, -0.1) is 11.3 Å². The first-order valence-corrected chi connectivity index (χ1v) is 9.47. The molecule has 4 rings (SSSR count). The second kappa shape index (κ2) is 7.53. The summed E-state index contributed by atoms with van der Waals surface area (Å²) >= 11 is 7.69. The number of rotatable bonds is 5. The first-order chi connectivity index (χ1) is 13.6. The van der Waals surface area contributed by atoms with Crippen molar-refractivity contribution in [1.82, 2.24) is 5.16 Å². The molecule has 2 aromatic carbocycles. The first-order valence-electron chi connectivity index (χ1n) is 8.28. The van der Waals surface area contributed by atoms with Crippen molar-refractivity contribution in [1.29, 1.82) is 0 Å². The summed E-state index contributed by atoms with van der Waals surface area (Å²) in [6.45, 7) is 0. The van der Waals surface area contributed by atoms with Gasteiger partial charge in [-0.3, -0.25) is 10.1 Å². The third-order valence-corrected chi connectivity index (χ3v) is 5.84. The molecule has 1 N–H and O–H groups in total. The predicted molar refractivity (Wildman–Crippen MR) is 110 cm³/mol. The largest absolute Gasteiger partial charge is 0.493 e. The van der Waals surface area contributed by atoms with Crippen LogP contribution in [0.4, 0.5) is 5.88 Å². The quantitative estimate of drug-likeness (QED) is 0.468. The number of carbonyl (C=O) groups excluding carboxylic acids is 1. The summed E-state index contributed by atoms with van der Waals surface area (Å²) in [5.74, 6) is 1.07. The molecule has 0 atom stereocenters. The first kappa shape index (κ1) is 18.3. The number of thiophene rings is 1. The maximum Gasteiger partial charge on any atom is 0.269 e. The molecule has 1 amide bonds. The Bertz CT molecular complexity index is 1170. The number of ether oxygens (including phenoxy) is 2. The molecule has 0 radical (unpaired) electrons. The van der Waals surface area contributed by atoms with Crippen LogP contribution in [0.15, 0.2) is 53.1 Å². The van der Waals surface area contributed by atoms with Gasteiger partial charge in [-0.25, -0.2) is 0 Å². The highest BCUT2D eigenvalue weighted by molar-refractivity contribution is 7.21. The topological polar surface area (TPSA) is 73.6 Å². The number of hydrogen-bond acceptors (Lipinski definition) is 6. The number of fused-ring (bicyclic) bond motifs is 1. The van der Waals surface area contributed by atoms with Crippen molar-refractivity contribution in [2.45, 2.75) is 0 Å². The van der Waals surface area contributed by atoms with Crippen LogP contribution in [-0.4, -0.2) is 25.3 Å². The molecule has 6 nitrogen and oxygen atoms in total. The average molecular weight is 415 g/mol. The molecule has 2 heterocycles. The summed E-state index contributed by atoms with van der Waals surface area (Å²) in [4.78, 5) is 13.0. The van der Waals surface area contributed by atoms with Crippen LogP contribution in [-0.2, 0) is 0 Å². The molecule has 0 aliphatic carbocycles. The van der Waals surface area contributed by atoms with Crippen LogP contribution < -0.4 is 14.8 Å². The molecular formula is C20H15ClN2O4S. The highest BCUT2D eigenvalue weighted by Gasteiger charge is 2.19. The molecule has 0 saturated carbocycles. The zero-order valence-corrected chi connectivity index (χ0v) is 16.6. The number of hydrogen-bond donors (Lipinski definition) is 1. The summed E-state index contributed by atoms with van der Waals surface area (Å²) in [6.07, 6.45) is 0. The number of nitrogens with zero attached hydrogens (tertiary/aromatic N) is 1. The van der Waals surface area contributed by atoms with Crippen molar-refractivity contribution in [2.75, 3.05) is 19.5 Å². The van der Waals surface area contributed by atoms with Crippen molar-refractivity contribution in [3.05, 3.63) is 58.4 Å². The van der Waals surface area contributed by atoms with E-state index in [9.17, 15) is 4.79 Å². The molecule has 28 heavy (non-hydrogen) atoms. The fourth-order valence-electron chi connectivity index (χ4n) is 2.79. The van der Waals surface area contributed by atoms with Crippen LogP contribution in [0, 0.1) is 0 Å². The lowest BCUT2D eigenvalue weighted by atomic mass is 10.1. The second-order valence-electron chi connectivity index (χ2n) is 5.84. The fourth-order valence-corrected chi connectivity index (χ4v) is 4.21. The SMILES string of the molecule is COc1ccc(-c2cc(NC(=O)c3sc4ccccc4c3Cl)on2)cc1OC. The molecule has 0 spiro atoms. The van der Waals surface area contributed by atoms with Crippen LogP contribution in [0.25, 0.3) is 21.3 Å². The van der Waals surface area contributed by atoms with E-state index in [0.29, 0.717) is 27.1 Å². The van der Waals surface area contributed by atoms with Gasteiger partial charge in [-0.2, -0.15) is 0 Å². The summed E-state index contributed by atoms with van der Waals surface area (Å²) in [6, 6.07) is 14.6. The van der Waals surface area contributed by atoms with Gasteiger partial charge in [0.25, 0.3) is 5.91 Å². The molecule has 0 bridgehead atoms. The van der Waals surface area contributed by atoms with Crippen LogP contribution >= 0.6 is 22.9 Å². The molecular weight excluding hydrogens is 400 g/mol. The lowest BCUT2D eigenvalue weighted by Crippen LogP contribution is -2.09. The monoisotopic (exact) mass is 414 g/mol. The molecule has 8 heteroatoms.